The minimum atomic E-state index is -0.234. The van der Waals surface area contributed by atoms with Crippen molar-refractivity contribution in [3.63, 3.8) is 0 Å². The third-order valence-electron chi connectivity index (χ3n) is 5.52. The molecule has 1 heterocycles. The highest BCUT2D eigenvalue weighted by molar-refractivity contribution is 5.82. The molecular weight excluding hydrogens is 436 g/mol. The summed E-state index contributed by atoms with van der Waals surface area (Å²) in [6.07, 6.45) is 1.62. The molecule has 0 unspecified atom stereocenters. The van der Waals surface area contributed by atoms with Gasteiger partial charge in [-0.15, -0.1) is 0 Å². The molecule has 1 aromatic heterocycles. The Balaban J connectivity index is 1.42. The number of nitrogens with zero attached hydrogens (tertiary/aromatic N) is 4. The number of ether oxygens (including phenoxy) is 1. The standard InChI is InChI=1S/C29H20N4O2/c30-18-23-10-4-5-11-24(23)20-35-25-16-14-21(15-17-25)19-31-33-28(22-8-2-1-3-9-22)32-27-13-7-6-12-26(27)29(33)34/h1-17,19H,20H2. The van der Waals surface area contributed by atoms with Crippen LogP contribution in [0.1, 0.15) is 16.7 Å². The SMILES string of the molecule is N#Cc1ccccc1COc1ccc(C=Nn2c(-c3ccccc3)nc3ccccc3c2=O)cc1. The Labute approximate surface area is 202 Å². The Morgan fingerprint density at radius 3 is 2.40 bits per heavy atom. The van der Waals surface area contributed by atoms with Gasteiger partial charge in [0, 0.05) is 11.1 Å². The van der Waals surface area contributed by atoms with E-state index in [0.717, 1.165) is 16.7 Å². The van der Waals surface area contributed by atoms with E-state index in [1.807, 2.05) is 91.0 Å². The van der Waals surface area contributed by atoms with E-state index in [9.17, 15) is 10.1 Å². The second-order valence-corrected chi connectivity index (χ2v) is 7.81. The van der Waals surface area contributed by atoms with Gasteiger partial charge in [-0.25, -0.2) is 4.98 Å². The van der Waals surface area contributed by atoms with Crippen LogP contribution < -0.4 is 10.3 Å². The smallest absolute Gasteiger partial charge is 0.282 e. The van der Waals surface area contributed by atoms with Gasteiger partial charge in [-0.2, -0.15) is 15.0 Å². The van der Waals surface area contributed by atoms with Crippen molar-refractivity contribution in [1.29, 1.82) is 5.26 Å². The van der Waals surface area contributed by atoms with Crippen molar-refractivity contribution in [3.05, 3.63) is 130 Å². The molecule has 0 aliphatic carbocycles. The molecule has 6 heteroatoms. The van der Waals surface area contributed by atoms with Crippen LogP contribution in [0.4, 0.5) is 0 Å². The van der Waals surface area contributed by atoms with Crippen LogP contribution in [0.15, 0.2) is 113 Å². The summed E-state index contributed by atoms with van der Waals surface area (Å²) in [4.78, 5) is 17.9. The summed E-state index contributed by atoms with van der Waals surface area (Å²) >= 11 is 0. The number of hydrogen-bond donors (Lipinski definition) is 0. The van der Waals surface area contributed by atoms with Gasteiger partial charge in [0.25, 0.3) is 5.56 Å². The lowest BCUT2D eigenvalue weighted by atomic mass is 10.1. The monoisotopic (exact) mass is 456 g/mol. The minimum Gasteiger partial charge on any atom is -0.489 e. The zero-order valence-corrected chi connectivity index (χ0v) is 18.7. The Morgan fingerprint density at radius 2 is 1.60 bits per heavy atom. The molecule has 6 nitrogen and oxygen atoms in total. The van der Waals surface area contributed by atoms with Crippen LogP contribution in [0, 0.1) is 11.3 Å². The van der Waals surface area contributed by atoms with E-state index in [4.69, 9.17) is 9.72 Å². The van der Waals surface area contributed by atoms with Crippen LogP contribution in [-0.4, -0.2) is 15.9 Å². The Bertz CT molecular complexity index is 1620. The minimum absolute atomic E-state index is 0.234. The van der Waals surface area contributed by atoms with Crippen LogP contribution in [0.5, 0.6) is 5.75 Å². The molecule has 0 aliphatic rings. The third-order valence-corrected chi connectivity index (χ3v) is 5.52. The average Bonchev–Trinajstić information content (AvgIpc) is 2.92. The maximum absolute atomic E-state index is 13.2. The molecule has 35 heavy (non-hydrogen) atoms. The summed E-state index contributed by atoms with van der Waals surface area (Å²) in [6, 6.07) is 33.7. The highest BCUT2D eigenvalue weighted by atomic mass is 16.5. The number of hydrogen-bond acceptors (Lipinski definition) is 5. The van der Waals surface area contributed by atoms with Gasteiger partial charge in [-0.3, -0.25) is 4.79 Å². The summed E-state index contributed by atoms with van der Waals surface area (Å²) < 4.78 is 7.17. The average molecular weight is 457 g/mol. The van der Waals surface area contributed by atoms with Crippen LogP contribution in [0.25, 0.3) is 22.3 Å². The molecular formula is C29H20N4O2. The van der Waals surface area contributed by atoms with Crippen LogP contribution >= 0.6 is 0 Å². The van der Waals surface area contributed by atoms with Gasteiger partial charge in [0.15, 0.2) is 5.82 Å². The zero-order chi connectivity index (χ0) is 24.0. The van der Waals surface area contributed by atoms with Crippen molar-refractivity contribution in [2.45, 2.75) is 6.61 Å². The van der Waals surface area contributed by atoms with Gasteiger partial charge < -0.3 is 4.74 Å². The number of nitriles is 1. The lowest BCUT2D eigenvalue weighted by Crippen LogP contribution is -2.20. The highest BCUT2D eigenvalue weighted by Crippen LogP contribution is 2.19. The van der Waals surface area contributed by atoms with Gasteiger partial charge in [0.1, 0.15) is 12.4 Å². The predicted octanol–water partition coefficient (Wildman–Crippen LogP) is 5.40. The molecule has 0 saturated heterocycles. The number of aromatic nitrogens is 2. The summed E-state index contributed by atoms with van der Waals surface area (Å²) in [5, 5.41) is 14.2. The lowest BCUT2D eigenvalue weighted by molar-refractivity contribution is 0.306. The van der Waals surface area contributed by atoms with E-state index in [1.54, 1.807) is 18.3 Å². The van der Waals surface area contributed by atoms with Gasteiger partial charge in [0.05, 0.1) is 28.8 Å². The van der Waals surface area contributed by atoms with Crippen molar-refractivity contribution in [2.24, 2.45) is 5.10 Å². The first-order valence-electron chi connectivity index (χ1n) is 11.1. The predicted molar refractivity (Wildman–Crippen MR) is 136 cm³/mol. The van der Waals surface area contributed by atoms with Crippen LogP contribution in [-0.2, 0) is 6.61 Å². The molecule has 0 bridgehead atoms. The van der Waals surface area contributed by atoms with E-state index >= 15 is 0 Å². The zero-order valence-electron chi connectivity index (χ0n) is 18.7. The molecule has 0 radical (unpaired) electrons. The van der Waals surface area contributed by atoms with Gasteiger partial charge >= 0.3 is 0 Å². The Hall–Kier alpha value is -5.02. The summed E-state index contributed by atoms with van der Waals surface area (Å²) in [5.74, 6) is 1.14. The molecule has 0 saturated carbocycles. The summed E-state index contributed by atoms with van der Waals surface area (Å²) in [6.45, 7) is 0.301. The first kappa shape index (κ1) is 21.8. The van der Waals surface area contributed by atoms with Gasteiger partial charge in [-0.1, -0.05) is 60.7 Å². The topological polar surface area (TPSA) is 80.3 Å². The van der Waals surface area contributed by atoms with Crippen LogP contribution in [0.3, 0.4) is 0 Å². The molecule has 5 aromatic rings. The van der Waals surface area contributed by atoms with E-state index in [-0.39, 0.29) is 5.56 Å². The molecule has 0 spiro atoms. The quantitative estimate of drug-likeness (QED) is 0.321. The second-order valence-electron chi connectivity index (χ2n) is 7.81. The Kier molecular flexibility index (Phi) is 6.14. The lowest BCUT2D eigenvalue weighted by Gasteiger charge is -2.09. The fourth-order valence-corrected chi connectivity index (χ4v) is 3.70. The van der Waals surface area contributed by atoms with Crippen molar-refractivity contribution in [2.75, 3.05) is 0 Å². The van der Waals surface area contributed by atoms with Crippen molar-refractivity contribution in [3.8, 4) is 23.2 Å². The molecule has 0 fully saturated rings. The number of fused-ring (bicyclic) bond motifs is 1. The van der Waals surface area contributed by atoms with Crippen molar-refractivity contribution >= 4 is 17.1 Å². The van der Waals surface area contributed by atoms with E-state index < -0.39 is 0 Å². The van der Waals surface area contributed by atoms with E-state index in [2.05, 4.69) is 11.2 Å². The van der Waals surface area contributed by atoms with Gasteiger partial charge in [0.2, 0.25) is 0 Å². The van der Waals surface area contributed by atoms with Crippen LogP contribution in [0.2, 0.25) is 0 Å². The molecule has 0 amide bonds. The molecule has 4 aromatic carbocycles. The Morgan fingerprint density at radius 1 is 0.886 bits per heavy atom. The first-order chi connectivity index (χ1) is 17.2. The third kappa shape index (κ3) is 4.70. The fraction of sp³-hybridized carbons (Fsp3) is 0.0345. The highest BCUT2D eigenvalue weighted by Gasteiger charge is 2.12. The maximum Gasteiger partial charge on any atom is 0.282 e. The van der Waals surface area contributed by atoms with Crippen molar-refractivity contribution in [1.82, 2.24) is 9.66 Å². The number of benzene rings is 4. The van der Waals surface area contributed by atoms with Gasteiger partial charge in [-0.05, 0) is 48.0 Å². The molecule has 5 rings (SSSR count). The number of rotatable bonds is 6. The van der Waals surface area contributed by atoms with E-state index in [0.29, 0.717) is 34.6 Å². The normalized spacial score (nSPS) is 10.9. The van der Waals surface area contributed by atoms with E-state index in [1.165, 1.54) is 4.68 Å². The number of para-hydroxylation sites is 1. The fourth-order valence-electron chi connectivity index (χ4n) is 3.70. The molecule has 0 N–H and O–H groups in total. The molecule has 0 atom stereocenters. The molecule has 0 aliphatic heterocycles. The van der Waals surface area contributed by atoms with Crippen molar-refractivity contribution < 1.29 is 4.74 Å². The maximum atomic E-state index is 13.2. The first-order valence-corrected chi connectivity index (χ1v) is 11.1. The second kappa shape index (κ2) is 9.86. The summed E-state index contributed by atoms with van der Waals surface area (Å²) in [7, 11) is 0. The largest absolute Gasteiger partial charge is 0.489 e. The molecule has 168 valence electrons. The summed E-state index contributed by atoms with van der Waals surface area (Å²) in [5.41, 5.74) is 3.42.